The second-order valence-corrected chi connectivity index (χ2v) is 20.2. The Morgan fingerprint density at radius 2 is 0.952 bits per heavy atom. The summed E-state index contributed by atoms with van der Waals surface area (Å²) < 4.78 is 49.3. The molecule has 366 valence electrons. The maximum atomic E-state index is 13.0. The Bertz CT molecular complexity index is 1290. The van der Waals surface area contributed by atoms with Crippen molar-refractivity contribution in [3.8, 4) is 0 Å². The summed E-state index contributed by atoms with van der Waals surface area (Å²) in [6.45, 7) is 2.86. The summed E-state index contributed by atoms with van der Waals surface area (Å²) in [5, 5.41) is 41.5. The minimum atomic E-state index is -5.36. The van der Waals surface area contributed by atoms with Crippen molar-refractivity contribution in [1.82, 2.24) is 0 Å². The number of carbonyl (C=O) groups excluding carboxylic acids is 3. The molecular formula is C42H80O17P2S. The fourth-order valence-electron chi connectivity index (χ4n) is 7.11. The standard InChI is InChI=1S/C42H80O17P2S/c1-3-5-6-7-8-9-10-11-12-16-19-22-25-29-35(44)57-33(31-55-34(43)28-24-21-18-15-13-14-17-20-23-26-30-62-36(45)27-4-2)32-56-61(53,54)59-42-39(48)37(46)38(47)41(40(42)49)58-60(50,51)52/h33,37-42,46-49H,3-32H2,1-2H3,(H,53,54)(H2,50,51,52)/t33-,37-,38?,39-,40?,41+,42?/m1/s1. The van der Waals surface area contributed by atoms with Crippen LogP contribution in [-0.2, 0) is 46.6 Å². The highest BCUT2D eigenvalue weighted by molar-refractivity contribution is 8.13. The lowest BCUT2D eigenvalue weighted by atomic mass is 9.85. The van der Waals surface area contributed by atoms with E-state index in [4.69, 9.17) is 28.3 Å². The number of aliphatic hydroxyl groups is 4. The van der Waals surface area contributed by atoms with Crippen LogP contribution in [0.5, 0.6) is 0 Å². The molecule has 0 aromatic rings. The van der Waals surface area contributed by atoms with Crippen LogP contribution >= 0.6 is 27.4 Å². The van der Waals surface area contributed by atoms with Gasteiger partial charge in [0.2, 0.25) is 0 Å². The molecule has 1 fully saturated rings. The molecule has 0 aromatic carbocycles. The monoisotopic (exact) mass is 950 g/mol. The van der Waals surface area contributed by atoms with Crippen LogP contribution in [0.2, 0.25) is 0 Å². The van der Waals surface area contributed by atoms with Crippen molar-refractivity contribution in [2.75, 3.05) is 19.0 Å². The van der Waals surface area contributed by atoms with Crippen molar-refractivity contribution in [3.05, 3.63) is 0 Å². The first-order chi connectivity index (χ1) is 29.5. The Hall–Kier alpha value is -0.980. The van der Waals surface area contributed by atoms with Gasteiger partial charge in [0.1, 0.15) is 43.2 Å². The Morgan fingerprint density at radius 3 is 1.42 bits per heavy atom. The zero-order chi connectivity index (χ0) is 46.2. The lowest BCUT2D eigenvalue weighted by Gasteiger charge is -2.43. The van der Waals surface area contributed by atoms with Crippen LogP contribution in [0.15, 0.2) is 0 Å². The Labute approximate surface area is 374 Å². The highest BCUT2D eigenvalue weighted by Crippen LogP contribution is 2.49. The molecule has 17 nitrogen and oxygen atoms in total. The Balaban J connectivity index is 2.58. The fourth-order valence-corrected chi connectivity index (χ4v) is 9.57. The number of esters is 2. The molecule has 0 saturated heterocycles. The number of rotatable bonds is 39. The quantitative estimate of drug-likeness (QED) is 0.0176. The normalized spacial score (nSPS) is 22.0. The van der Waals surface area contributed by atoms with E-state index in [1.165, 1.54) is 63.1 Å². The van der Waals surface area contributed by atoms with Crippen molar-refractivity contribution in [3.63, 3.8) is 0 Å². The molecule has 0 radical (unpaired) electrons. The number of ether oxygens (including phenoxy) is 2. The predicted octanol–water partition coefficient (Wildman–Crippen LogP) is 7.71. The van der Waals surface area contributed by atoms with Crippen molar-refractivity contribution >= 4 is 44.5 Å². The molecule has 1 saturated carbocycles. The molecule has 20 heteroatoms. The van der Waals surface area contributed by atoms with Crippen LogP contribution in [0, 0.1) is 0 Å². The van der Waals surface area contributed by atoms with Crippen molar-refractivity contribution in [1.29, 1.82) is 0 Å². The molecule has 1 aliphatic rings. The zero-order valence-corrected chi connectivity index (χ0v) is 39.9. The van der Waals surface area contributed by atoms with Gasteiger partial charge in [-0.2, -0.15) is 0 Å². The first-order valence-corrected chi connectivity index (χ1v) is 27.1. The van der Waals surface area contributed by atoms with Gasteiger partial charge < -0.3 is 44.6 Å². The van der Waals surface area contributed by atoms with E-state index >= 15 is 0 Å². The smallest absolute Gasteiger partial charge is 0.462 e. The number of carbonyl (C=O) groups is 3. The predicted molar refractivity (Wildman–Crippen MR) is 236 cm³/mol. The van der Waals surface area contributed by atoms with E-state index in [2.05, 4.69) is 11.4 Å². The van der Waals surface area contributed by atoms with Crippen LogP contribution in [0.25, 0.3) is 0 Å². The first-order valence-electron chi connectivity index (χ1n) is 23.1. The second kappa shape index (κ2) is 35.2. The van der Waals surface area contributed by atoms with Gasteiger partial charge in [-0.1, -0.05) is 154 Å². The minimum absolute atomic E-state index is 0.0393. The van der Waals surface area contributed by atoms with E-state index in [0.29, 0.717) is 19.3 Å². The van der Waals surface area contributed by atoms with Gasteiger partial charge in [-0.05, 0) is 25.7 Å². The van der Waals surface area contributed by atoms with Crippen LogP contribution in [0.4, 0.5) is 0 Å². The number of aliphatic hydroxyl groups excluding tert-OH is 4. The summed E-state index contributed by atoms with van der Waals surface area (Å²) in [4.78, 5) is 65.8. The van der Waals surface area contributed by atoms with Crippen LogP contribution in [-0.4, -0.2) is 114 Å². The van der Waals surface area contributed by atoms with Gasteiger partial charge >= 0.3 is 27.6 Å². The van der Waals surface area contributed by atoms with Crippen molar-refractivity contribution in [2.45, 2.75) is 230 Å². The van der Waals surface area contributed by atoms with Gasteiger partial charge in [-0.25, -0.2) is 9.13 Å². The number of hydrogen-bond acceptors (Lipinski definition) is 15. The van der Waals surface area contributed by atoms with E-state index < -0.39 is 83.5 Å². The highest BCUT2D eigenvalue weighted by Gasteiger charge is 2.54. The third kappa shape index (κ3) is 29.5. The van der Waals surface area contributed by atoms with Crippen molar-refractivity contribution < 1.29 is 81.7 Å². The molecule has 1 aliphatic carbocycles. The van der Waals surface area contributed by atoms with Crippen LogP contribution in [0.3, 0.4) is 0 Å². The largest absolute Gasteiger partial charge is 0.472 e. The summed E-state index contributed by atoms with van der Waals surface area (Å²) in [6, 6.07) is 0. The Kier molecular flexibility index (Phi) is 33.6. The molecule has 0 aliphatic heterocycles. The number of unbranched alkanes of at least 4 members (excludes halogenated alkanes) is 21. The molecule has 0 spiro atoms. The summed E-state index contributed by atoms with van der Waals surface area (Å²) in [7, 11) is -10.7. The second-order valence-electron chi connectivity index (χ2n) is 16.4. The van der Waals surface area contributed by atoms with Crippen LogP contribution in [0.1, 0.15) is 187 Å². The van der Waals surface area contributed by atoms with E-state index in [0.717, 1.165) is 95.6 Å². The van der Waals surface area contributed by atoms with Gasteiger partial charge in [-0.3, -0.25) is 28.0 Å². The average Bonchev–Trinajstić information content (AvgIpc) is 3.21. The third-order valence-corrected chi connectivity index (χ3v) is 13.2. The zero-order valence-electron chi connectivity index (χ0n) is 37.3. The molecule has 0 aromatic heterocycles. The summed E-state index contributed by atoms with van der Waals surface area (Å²) in [5.41, 5.74) is 0. The Morgan fingerprint density at radius 1 is 0.516 bits per heavy atom. The fraction of sp³-hybridized carbons (Fsp3) is 0.929. The molecule has 0 heterocycles. The first kappa shape index (κ1) is 59.0. The minimum Gasteiger partial charge on any atom is -0.462 e. The molecule has 0 amide bonds. The maximum absolute atomic E-state index is 13.0. The molecule has 0 bridgehead atoms. The van der Waals surface area contributed by atoms with E-state index in [9.17, 15) is 48.8 Å². The molecule has 8 atom stereocenters. The number of hydrogen-bond donors (Lipinski definition) is 7. The van der Waals surface area contributed by atoms with Gasteiger partial charge in [-0.15, -0.1) is 0 Å². The number of phosphoric ester groups is 2. The number of phosphoric acid groups is 2. The van der Waals surface area contributed by atoms with E-state index in [-0.39, 0.29) is 18.0 Å². The third-order valence-electron chi connectivity index (χ3n) is 10.7. The summed E-state index contributed by atoms with van der Waals surface area (Å²) in [5.74, 6) is -0.337. The summed E-state index contributed by atoms with van der Waals surface area (Å²) in [6.07, 6.45) is 11.5. The lowest BCUT2D eigenvalue weighted by molar-refractivity contribution is -0.216. The topological polar surface area (TPSA) is 273 Å². The van der Waals surface area contributed by atoms with Gasteiger partial charge in [0, 0.05) is 25.0 Å². The number of thioether (sulfide) groups is 1. The molecular weight excluding hydrogens is 870 g/mol. The maximum Gasteiger partial charge on any atom is 0.472 e. The van der Waals surface area contributed by atoms with E-state index in [1.807, 2.05) is 6.92 Å². The molecule has 62 heavy (non-hydrogen) atoms. The van der Waals surface area contributed by atoms with E-state index in [1.54, 1.807) is 0 Å². The molecule has 7 N–H and O–H groups in total. The lowest BCUT2D eigenvalue weighted by Crippen LogP contribution is -2.64. The summed E-state index contributed by atoms with van der Waals surface area (Å²) >= 11 is 1.44. The average molecular weight is 951 g/mol. The molecule has 1 rings (SSSR count). The van der Waals surface area contributed by atoms with Gasteiger partial charge in [0.15, 0.2) is 11.2 Å². The van der Waals surface area contributed by atoms with Gasteiger partial charge in [0.05, 0.1) is 6.61 Å². The van der Waals surface area contributed by atoms with Gasteiger partial charge in [0.25, 0.3) is 0 Å². The highest BCUT2D eigenvalue weighted by atomic mass is 32.2. The SMILES string of the molecule is CCCCCCCCCCCCCCCC(=O)O[C@H](COC(=O)CCCCCCCCCCCCSC(=O)CCC)COP(=O)(O)OC1C(O)[C@@H](OP(=O)(O)O)C(O)[C@@H](O)[C@H]1O. The van der Waals surface area contributed by atoms with Crippen molar-refractivity contribution in [2.24, 2.45) is 0 Å². The molecule has 4 unspecified atom stereocenters. The van der Waals surface area contributed by atoms with Crippen LogP contribution < -0.4 is 0 Å².